The van der Waals surface area contributed by atoms with Crippen molar-refractivity contribution in [1.29, 1.82) is 0 Å². The number of ether oxygens (including phenoxy) is 1. The number of aryl methyl sites for hydroxylation is 1. The van der Waals surface area contributed by atoms with Crippen molar-refractivity contribution in [2.45, 2.75) is 20.0 Å². The molecule has 1 fully saturated rings. The lowest BCUT2D eigenvalue weighted by Crippen LogP contribution is -2.52. The summed E-state index contributed by atoms with van der Waals surface area (Å²) < 4.78 is 5.77. The Morgan fingerprint density at radius 1 is 1.22 bits per heavy atom. The molecule has 1 aromatic heterocycles. The molecule has 0 saturated carbocycles. The highest BCUT2D eigenvalue weighted by Crippen LogP contribution is 2.20. The number of hydrogen-bond donors (Lipinski definition) is 0. The standard InChI is InChI=1S/C17H21N3O2S/c1-13-3-5-15(6-4-13)22-14(2)16(21)19-8-10-20(11-9-19)17-18-7-12-23-17/h3-7,12,14H,8-11H2,1-2H3/t14-/m1/s1. The number of anilines is 1. The van der Waals surface area contributed by atoms with Gasteiger partial charge in [-0.1, -0.05) is 17.7 Å². The molecule has 1 aliphatic rings. The predicted molar refractivity (Wildman–Crippen MR) is 92.2 cm³/mol. The van der Waals surface area contributed by atoms with E-state index in [9.17, 15) is 4.79 Å². The fourth-order valence-electron chi connectivity index (χ4n) is 2.62. The first-order valence-electron chi connectivity index (χ1n) is 7.80. The molecule has 0 spiro atoms. The number of hydrogen-bond acceptors (Lipinski definition) is 5. The molecular weight excluding hydrogens is 310 g/mol. The SMILES string of the molecule is Cc1ccc(O[C@H](C)C(=O)N2CCN(c3nccs3)CC2)cc1. The van der Waals surface area contributed by atoms with Crippen LogP contribution in [0.1, 0.15) is 12.5 Å². The molecule has 0 radical (unpaired) electrons. The third-order valence-electron chi connectivity index (χ3n) is 3.96. The number of thiazole rings is 1. The average molecular weight is 331 g/mol. The van der Waals surface area contributed by atoms with E-state index >= 15 is 0 Å². The van der Waals surface area contributed by atoms with Crippen LogP contribution in [-0.4, -0.2) is 48.1 Å². The molecular formula is C17H21N3O2S. The maximum absolute atomic E-state index is 12.5. The molecule has 2 aromatic rings. The summed E-state index contributed by atoms with van der Waals surface area (Å²) in [4.78, 5) is 21.0. The molecule has 0 N–H and O–H groups in total. The van der Waals surface area contributed by atoms with Crippen LogP contribution >= 0.6 is 11.3 Å². The second-order valence-corrected chi connectivity index (χ2v) is 6.57. The minimum atomic E-state index is -0.468. The Morgan fingerprint density at radius 2 is 1.91 bits per heavy atom. The van der Waals surface area contributed by atoms with Crippen LogP contribution in [0.25, 0.3) is 0 Å². The topological polar surface area (TPSA) is 45.7 Å². The molecule has 0 bridgehead atoms. The third-order valence-corrected chi connectivity index (χ3v) is 4.79. The molecule has 23 heavy (non-hydrogen) atoms. The summed E-state index contributed by atoms with van der Waals surface area (Å²) in [6.45, 7) is 6.89. The minimum Gasteiger partial charge on any atom is -0.481 e. The predicted octanol–water partition coefficient (Wildman–Crippen LogP) is 2.57. The van der Waals surface area contributed by atoms with Crippen LogP contribution in [0.3, 0.4) is 0 Å². The highest BCUT2D eigenvalue weighted by molar-refractivity contribution is 7.13. The zero-order valence-corrected chi connectivity index (χ0v) is 14.3. The fraction of sp³-hybridized carbons (Fsp3) is 0.412. The molecule has 5 nitrogen and oxygen atoms in total. The second-order valence-electron chi connectivity index (χ2n) is 5.70. The molecule has 0 unspecified atom stereocenters. The van der Waals surface area contributed by atoms with E-state index in [1.54, 1.807) is 11.3 Å². The summed E-state index contributed by atoms with van der Waals surface area (Å²) in [5.41, 5.74) is 1.18. The van der Waals surface area contributed by atoms with Crippen molar-refractivity contribution in [3.05, 3.63) is 41.4 Å². The van der Waals surface area contributed by atoms with Crippen molar-refractivity contribution < 1.29 is 9.53 Å². The molecule has 1 aliphatic heterocycles. The van der Waals surface area contributed by atoms with Crippen molar-refractivity contribution in [1.82, 2.24) is 9.88 Å². The Hall–Kier alpha value is -2.08. The Morgan fingerprint density at radius 3 is 2.52 bits per heavy atom. The van der Waals surface area contributed by atoms with E-state index in [1.807, 2.05) is 54.6 Å². The van der Waals surface area contributed by atoms with E-state index in [2.05, 4.69) is 9.88 Å². The largest absolute Gasteiger partial charge is 0.481 e. The number of piperazine rings is 1. The van der Waals surface area contributed by atoms with Crippen molar-refractivity contribution in [2.24, 2.45) is 0 Å². The Labute approximate surface area is 140 Å². The lowest BCUT2D eigenvalue weighted by Gasteiger charge is -2.35. The molecule has 1 atom stereocenters. The van der Waals surface area contributed by atoms with Gasteiger partial charge in [-0.15, -0.1) is 11.3 Å². The Kier molecular flexibility index (Phi) is 4.81. The second kappa shape index (κ2) is 7.00. The molecule has 1 saturated heterocycles. The zero-order valence-electron chi connectivity index (χ0n) is 13.4. The van der Waals surface area contributed by atoms with Gasteiger partial charge >= 0.3 is 0 Å². The van der Waals surface area contributed by atoms with Gasteiger partial charge in [-0.25, -0.2) is 4.98 Å². The van der Waals surface area contributed by atoms with Crippen LogP contribution in [-0.2, 0) is 4.79 Å². The quantitative estimate of drug-likeness (QED) is 0.864. The number of rotatable bonds is 4. The van der Waals surface area contributed by atoms with Gasteiger partial charge in [0.05, 0.1) is 0 Å². The van der Waals surface area contributed by atoms with Crippen LogP contribution in [0.4, 0.5) is 5.13 Å². The van der Waals surface area contributed by atoms with Gasteiger partial charge < -0.3 is 14.5 Å². The molecule has 1 aromatic carbocycles. The van der Waals surface area contributed by atoms with Crippen LogP contribution in [0.2, 0.25) is 0 Å². The average Bonchev–Trinajstić information content (AvgIpc) is 3.11. The van der Waals surface area contributed by atoms with Gasteiger partial charge in [0.15, 0.2) is 11.2 Å². The van der Waals surface area contributed by atoms with E-state index in [4.69, 9.17) is 4.74 Å². The van der Waals surface area contributed by atoms with Gasteiger partial charge in [0.1, 0.15) is 5.75 Å². The van der Waals surface area contributed by atoms with Crippen molar-refractivity contribution in [3.63, 3.8) is 0 Å². The van der Waals surface area contributed by atoms with Crippen LogP contribution < -0.4 is 9.64 Å². The summed E-state index contributed by atoms with van der Waals surface area (Å²) >= 11 is 1.63. The van der Waals surface area contributed by atoms with Gasteiger partial charge in [-0.2, -0.15) is 0 Å². The number of nitrogens with zero attached hydrogens (tertiary/aromatic N) is 3. The van der Waals surface area contributed by atoms with Crippen molar-refractivity contribution in [3.8, 4) is 5.75 Å². The lowest BCUT2D eigenvalue weighted by atomic mass is 10.2. The van der Waals surface area contributed by atoms with Gasteiger partial charge in [0, 0.05) is 37.8 Å². The zero-order chi connectivity index (χ0) is 16.2. The monoisotopic (exact) mass is 331 g/mol. The van der Waals surface area contributed by atoms with Gasteiger partial charge in [-0.3, -0.25) is 4.79 Å². The van der Waals surface area contributed by atoms with E-state index < -0.39 is 6.10 Å². The molecule has 1 amide bonds. The highest BCUT2D eigenvalue weighted by Gasteiger charge is 2.26. The number of carbonyl (C=O) groups excluding carboxylic acids is 1. The molecule has 0 aliphatic carbocycles. The smallest absolute Gasteiger partial charge is 0.263 e. The van der Waals surface area contributed by atoms with Gasteiger partial charge in [0.25, 0.3) is 5.91 Å². The summed E-state index contributed by atoms with van der Waals surface area (Å²) in [5, 5.41) is 3.01. The third kappa shape index (κ3) is 3.82. The number of aromatic nitrogens is 1. The molecule has 122 valence electrons. The number of amides is 1. The normalized spacial score (nSPS) is 16.3. The first kappa shape index (κ1) is 15.8. The summed E-state index contributed by atoms with van der Waals surface area (Å²) in [5.74, 6) is 0.780. The van der Waals surface area contributed by atoms with E-state index in [0.717, 1.165) is 24.0 Å². The summed E-state index contributed by atoms with van der Waals surface area (Å²) in [6.07, 6.45) is 1.35. The number of benzene rings is 1. The first-order valence-corrected chi connectivity index (χ1v) is 8.68. The van der Waals surface area contributed by atoms with Gasteiger partial charge in [0.2, 0.25) is 0 Å². The fourth-order valence-corrected chi connectivity index (χ4v) is 3.32. The maximum Gasteiger partial charge on any atom is 0.263 e. The van der Waals surface area contributed by atoms with Crippen molar-refractivity contribution in [2.75, 3.05) is 31.1 Å². The Balaban J connectivity index is 1.53. The first-order chi connectivity index (χ1) is 11.1. The van der Waals surface area contributed by atoms with E-state index in [1.165, 1.54) is 5.56 Å². The Bertz CT molecular complexity index is 634. The minimum absolute atomic E-state index is 0.0457. The molecule has 3 rings (SSSR count). The summed E-state index contributed by atoms with van der Waals surface area (Å²) in [6, 6.07) is 7.78. The van der Waals surface area contributed by atoms with Crippen LogP contribution in [0, 0.1) is 6.92 Å². The van der Waals surface area contributed by atoms with E-state index in [0.29, 0.717) is 13.1 Å². The summed E-state index contributed by atoms with van der Waals surface area (Å²) in [7, 11) is 0. The van der Waals surface area contributed by atoms with Crippen molar-refractivity contribution >= 4 is 22.4 Å². The van der Waals surface area contributed by atoms with E-state index in [-0.39, 0.29) is 5.91 Å². The van der Waals surface area contributed by atoms with Crippen LogP contribution in [0.15, 0.2) is 35.8 Å². The lowest BCUT2D eigenvalue weighted by molar-refractivity contribution is -0.138. The highest BCUT2D eigenvalue weighted by atomic mass is 32.1. The molecule has 2 heterocycles. The number of carbonyl (C=O) groups is 1. The maximum atomic E-state index is 12.5. The van der Waals surface area contributed by atoms with Crippen LogP contribution in [0.5, 0.6) is 5.75 Å². The van der Waals surface area contributed by atoms with Gasteiger partial charge in [-0.05, 0) is 26.0 Å². The molecule has 6 heteroatoms.